The molecule has 3 fully saturated rings. The van der Waals surface area contributed by atoms with E-state index in [1.165, 1.54) is 17.7 Å². The van der Waals surface area contributed by atoms with Gasteiger partial charge in [0.2, 0.25) is 0 Å². The number of aliphatic hydroxyl groups is 1. The molecule has 10 nitrogen and oxygen atoms in total. The maximum Gasteiger partial charge on any atom is 0.470 e. The number of fused-ring (bicyclic) bond motifs is 3. The van der Waals surface area contributed by atoms with Crippen molar-refractivity contribution in [3.05, 3.63) is 32.6 Å². The van der Waals surface area contributed by atoms with Gasteiger partial charge in [-0.05, 0) is 25.7 Å². The number of H-pyrrole nitrogens is 1. The van der Waals surface area contributed by atoms with E-state index in [4.69, 9.17) is 19.0 Å². The van der Waals surface area contributed by atoms with Gasteiger partial charge in [-0.3, -0.25) is 18.9 Å². The summed E-state index contributed by atoms with van der Waals surface area (Å²) in [6.45, 7) is 1.54. The second kappa shape index (κ2) is 4.66. The molecule has 0 bridgehead atoms. The normalized spacial score (nSPS) is 40.4. The van der Waals surface area contributed by atoms with Crippen LogP contribution in [0.3, 0.4) is 0 Å². The topological polar surface area (TPSA) is 151 Å². The Morgan fingerprint density at radius 3 is 2.75 bits per heavy atom. The van der Waals surface area contributed by atoms with E-state index in [2.05, 4.69) is 4.98 Å². The van der Waals surface area contributed by atoms with Crippen LogP contribution in [0.15, 0.2) is 15.8 Å². The molecule has 132 valence electrons. The highest BCUT2D eigenvalue weighted by atomic mass is 31.2. The standard InChI is InChI=1S/C13H17N2O8P/c1-6-5-15(11(17)14-9(6)16)8-4-12(18)2-7-3-13(7,10(12)22-8)23-24(19,20)21/h5,7-8,10,18H,2-4H2,1H3,(H,14,16,17)(H2,19,20,21)/t7-,8-,10+,12+,13-/m1/s1. The van der Waals surface area contributed by atoms with Crippen LogP contribution in [-0.2, 0) is 13.8 Å². The van der Waals surface area contributed by atoms with Crippen LogP contribution in [0.2, 0.25) is 0 Å². The second-order valence-electron chi connectivity index (χ2n) is 6.90. The summed E-state index contributed by atoms with van der Waals surface area (Å²) in [6.07, 6.45) is 0.305. The van der Waals surface area contributed by atoms with Gasteiger partial charge in [0.05, 0.1) is 5.60 Å². The fraction of sp³-hybridized carbons (Fsp3) is 0.692. The van der Waals surface area contributed by atoms with Crippen molar-refractivity contribution in [1.29, 1.82) is 0 Å². The molecule has 11 heteroatoms. The number of nitrogens with zero attached hydrogens (tertiary/aromatic N) is 1. The van der Waals surface area contributed by atoms with E-state index in [0.717, 1.165) is 0 Å². The van der Waals surface area contributed by atoms with Crippen LogP contribution in [-0.4, -0.2) is 41.8 Å². The summed E-state index contributed by atoms with van der Waals surface area (Å²) in [7, 11) is -4.74. The Morgan fingerprint density at radius 1 is 1.38 bits per heavy atom. The third-order valence-electron chi connectivity index (χ3n) is 5.19. The lowest BCUT2D eigenvalue weighted by Gasteiger charge is -2.28. The lowest BCUT2D eigenvalue weighted by Crippen LogP contribution is -2.43. The van der Waals surface area contributed by atoms with E-state index in [9.17, 15) is 19.3 Å². The van der Waals surface area contributed by atoms with Crippen LogP contribution in [0, 0.1) is 12.8 Å². The Hall–Kier alpha value is -1.29. The van der Waals surface area contributed by atoms with E-state index in [-0.39, 0.29) is 18.8 Å². The average molecular weight is 360 g/mol. The second-order valence-corrected chi connectivity index (χ2v) is 8.06. The molecule has 0 radical (unpaired) electrons. The maximum absolute atomic E-state index is 12.0. The van der Waals surface area contributed by atoms with Crippen LogP contribution in [0.4, 0.5) is 0 Å². The summed E-state index contributed by atoms with van der Waals surface area (Å²) < 4.78 is 23.1. The summed E-state index contributed by atoms with van der Waals surface area (Å²) in [4.78, 5) is 43.9. The van der Waals surface area contributed by atoms with E-state index in [0.29, 0.717) is 12.0 Å². The van der Waals surface area contributed by atoms with Gasteiger partial charge in [-0.15, -0.1) is 0 Å². The molecule has 3 aliphatic rings. The highest BCUT2D eigenvalue weighted by Crippen LogP contribution is 2.70. The van der Waals surface area contributed by atoms with Gasteiger partial charge < -0.3 is 19.6 Å². The quantitative estimate of drug-likeness (QED) is 0.508. The summed E-state index contributed by atoms with van der Waals surface area (Å²) in [5.41, 5.74) is -3.41. The number of ether oxygens (including phenoxy) is 1. The van der Waals surface area contributed by atoms with Crippen molar-refractivity contribution in [1.82, 2.24) is 9.55 Å². The molecule has 2 saturated carbocycles. The van der Waals surface area contributed by atoms with Crippen molar-refractivity contribution in [3.8, 4) is 0 Å². The van der Waals surface area contributed by atoms with Crippen LogP contribution in [0.25, 0.3) is 0 Å². The van der Waals surface area contributed by atoms with Crippen LogP contribution in [0.5, 0.6) is 0 Å². The van der Waals surface area contributed by atoms with Crippen LogP contribution >= 0.6 is 7.82 Å². The van der Waals surface area contributed by atoms with E-state index >= 15 is 0 Å². The molecule has 1 saturated heterocycles. The predicted molar refractivity (Wildman–Crippen MR) is 78.1 cm³/mol. The van der Waals surface area contributed by atoms with Crippen molar-refractivity contribution < 1.29 is 28.7 Å². The summed E-state index contributed by atoms with van der Waals surface area (Å²) >= 11 is 0. The van der Waals surface area contributed by atoms with E-state index < -0.39 is 42.6 Å². The lowest BCUT2D eigenvalue weighted by atomic mass is 9.92. The molecule has 5 atom stereocenters. The number of aromatic amines is 1. The molecule has 0 amide bonds. The Morgan fingerprint density at radius 2 is 2.08 bits per heavy atom. The summed E-state index contributed by atoms with van der Waals surface area (Å²) in [5, 5.41) is 10.8. The maximum atomic E-state index is 12.0. The van der Waals surface area contributed by atoms with Crippen molar-refractivity contribution in [2.75, 3.05) is 0 Å². The van der Waals surface area contributed by atoms with Gasteiger partial charge in [-0.2, -0.15) is 0 Å². The molecule has 0 aromatic carbocycles. The van der Waals surface area contributed by atoms with Gasteiger partial charge in [0, 0.05) is 18.2 Å². The predicted octanol–water partition coefficient (Wildman–Crippen LogP) is -0.865. The van der Waals surface area contributed by atoms with Crippen molar-refractivity contribution in [2.45, 2.75) is 49.7 Å². The number of aromatic nitrogens is 2. The largest absolute Gasteiger partial charge is 0.470 e. The zero-order valence-corrected chi connectivity index (χ0v) is 13.6. The Bertz CT molecular complexity index is 873. The monoisotopic (exact) mass is 360 g/mol. The zero-order valence-electron chi connectivity index (χ0n) is 12.7. The first kappa shape index (κ1) is 16.2. The number of phosphoric acid groups is 1. The van der Waals surface area contributed by atoms with Crippen molar-refractivity contribution >= 4 is 7.82 Å². The third-order valence-corrected chi connectivity index (χ3v) is 5.77. The zero-order chi connectivity index (χ0) is 17.5. The number of rotatable bonds is 3. The first-order valence-corrected chi connectivity index (χ1v) is 9.03. The highest BCUT2D eigenvalue weighted by molar-refractivity contribution is 7.46. The van der Waals surface area contributed by atoms with Crippen molar-refractivity contribution in [2.24, 2.45) is 5.92 Å². The van der Waals surface area contributed by atoms with Gasteiger partial charge in [0.1, 0.15) is 17.9 Å². The molecule has 1 aromatic heterocycles. The molecule has 2 aliphatic carbocycles. The fourth-order valence-corrected chi connectivity index (χ4v) is 4.93. The van der Waals surface area contributed by atoms with Gasteiger partial charge in [-0.1, -0.05) is 0 Å². The smallest absolute Gasteiger partial charge is 0.387 e. The van der Waals surface area contributed by atoms with Crippen molar-refractivity contribution in [3.63, 3.8) is 0 Å². The lowest BCUT2D eigenvalue weighted by molar-refractivity contribution is -0.105. The molecule has 0 unspecified atom stereocenters. The third kappa shape index (κ3) is 2.26. The molecule has 4 rings (SSSR count). The molecule has 2 heterocycles. The van der Waals surface area contributed by atoms with Gasteiger partial charge in [-0.25, -0.2) is 9.36 Å². The molecule has 4 N–H and O–H groups in total. The molecule has 0 spiro atoms. The van der Waals surface area contributed by atoms with E-state index in [1.54, 1.807) is 0 Å². The Kier molecular flexibility index (Phi) is 3.14. The molecular weight excluding hydrogens is 343 g/mol. The Balaban J connectivity index is 1.67. The molecule has 24 heavy (non-hydrogen) atoms. The summed E-state index contributed by atoms with van der Waals surface area (Å²) in [5.74, 6) is -0.185. The van der Waals surface area contributed by atoms with Crippen LogP contribution in [0.1, 0.15) is 31.1 Å². The SMILES string of the molecule is Cc1cn([C@H]2C[C@@]3(O)C[C@@H]4C[C@]4(OP(=O)(O)O)[C@H]3O2)c(=O)[nH]c1=O. The number of nitrogens with one attached hydrogen (secondary N) is 1. The van der Waals surface area contributed by atoms with Gasteiger partial charge >= 0.3 is 13.5 Å². The van der Waals surface area contributed by atoms with Gasteiger partial charge in [0.25, 0.3) is 5.56 Å². The van der Waals surface area contributed by atoms with Crippen LogP contribution < -0.4 is 11.2 Å². The minimum Gasteiger partial charge on any atom is -0.387 e. The minimum atomic E-state index is -4.74. The minimum absolute atomic E-state index is 0.0752. The fourth-order valence-electron chi connectivity index (χ4n) is 4.17. The highest BCUT2D eigenvalue weighted by Gasteiger charge is 2.78. The summed E-state index contributed by atoms with van der Waals surface area (Å²) in [6, 6.07) is 0. The number of aryl methyl sites for hydroxylation is 1. The number of hydrogen-bond donors (Lipinski definition) is 4. The molecule has 1 aromatic rings. The first-order chi connectivity index (χ1) is 11.0. The first-order valence-electron chi connectivity index (χ1n) is 7.50. The van der Waals surface area contributed by atoms with E-state index in [1.807, 2.05) is 0 Å². The number of phosphoric ester groups is 1. The average Bonchev–Trinajstić information content (AvgIpc) is 2.84. The van der Waals surface area contributed by atoms with Gasteiger partial charge in [0.15, 0.2) is 0 Å². The molecule has 1 aliphatic heterocycles. The number of hydrogen-bond acceptors (Lipinski definition) is 6. The molecular formula is C13H17N2O8P. The Labute approximate surface area is 135 Å².